The van der Waals surface area contributed by atoms with Gasteiger partial charge in [0.2, 0.25) is 0 Å². The summed E-state index contributed by atoms with van der Waals surface area (Å²) in [7, 11) is 0. The van der Waals surface area contributed by atoms with E-state index in [0.717, 1.165) is 32.4 Å². The Labute approximate surface area is 138 Å². The van der Waals surface area contributed by atoms with E-state index < -0.39 is 6.10 Å². The zero-order valence-electron chi connectivity index (χ0n) is 13.7. The minimum atomic E-state index is -0.547. The zero-order chi connectivity index (χ0) is 16.7. The molecule has 0 radical (unpaired) electrons. The third-order valence-electron chi connectivity index (χ3n) is 4.90. The second-order valence-electron chi connectivity index (χ2n) is 6.41. The van der Waals surface area contributed by atoms with Gasteiger partial charge < -0.3 is 19.8 Å². The summed E-state index contributed by atoms with van der Waals surface area (Å²) in [5.41, 5.74) is 0.662. The molecular weight excluding hydrogens is 292 g/mol. The van der Waals surface area contributed by atoms with Crippen molar-refractivity contribution in [3.8, 4) is 11.8 Å². The molecule has 5 nitrogen and oxygen atoms in total. The average molecular weight is 318 g/mol. The predicted molar refractivity (Wildman–Crippen MR) is 88.1 cm³/mol. The highest BCUT2D eigenvalue weighted by atomic mass is 16.5. The first-order valence-electron chi connectivity index (χ1n) is 8.25. The normalized spacial score (nSPS) is 19.0. The molecule has 0 aromatic heterocycles. The summed E-state index contributed by atoms with van der Waals surface area (Å²) < 4.78 is 5.57. The van der Waals surface area contributed by atoms with E-state index in [0.29, 0.717) is 17.9 Å². The van der Waals surface area contributed by atoms with Crippen molar-refractivity contribution in [3.63, 3.8) is 0 Å². The standard InChI is InChI=1S/C18H26N2O3/c1-2-18(14-21)7-9-20(10-8-18)12-16(22)13-23-17-5-3-15(11-19)4-6-17/h3-6,16,21-22H,2,7-10,12-14H2,1H3. The van der Waals surface area contributed by atoms with Gasteiger partial charge in [-0.1, -0.05) is 6.92 Å². The van der Waals surface area contributed by atoms with Crippen molar-refractivity contribution in [2.45, 2.75) is 32.3 Å². The van der Waals surface area contributed by atoms with Crippen LogP contribution in [0.15, 0.2) is 24.3 Å². The van der Waals surface area contributed by atoms with Crippen LogP contribution in [0.5, 0.6) is 5.75 Å². The fraction of sp³-hybridized carbons (Fsp3) is 0.611. The molecule has 0 saturated carbocycles. The van der Waals surface area contributed by atoms with Crippen molar-refractivity contribution < 1.29 is 14.9 Å². The van der Waals surface area contributed by atoms with Gasteiger partial charge in [-0.2, -0.15) is 5.26 Å². The number of benzene rings is 1. The second kappa shape index (κ2) is 8.30. The molecule has 1 fully saturated rings. The Morgan fingerprint density at radius 2 is 1.96 bits per heavy atom. The highest BCUT2D eigenvalue weighted by Gasteiger charge is 2.32. The number of likely N-dealkylation sites (tertiary alicyclic amines) is 1. The van der Waals surface area contributed by atoms with Crippen LogP contribution in [-0.4, -0.2) is 54.1 Å². The van der Waals surface area contributed by atoms with E-state index in [1.807, 2.05) is 0 Å². The van der Waals surface area contributed by atoms with Crippen molar-refractivity contribution >= 4 is 0 Å². The van der Waals surface area contributed by atoms with Gasteiger partial charge in [-0.15, -0.1) is 0 Å². The number of hydrogen-bond donors (Lipinski definition) is 2. The first-order valence-corrected chi connectivity index (χ1v) is 8.25. The van der Waals surface area contributed by atoms with Crippen molar-refractivity contribution in [3.05, 3.63) is 29.8 Å². The maximum atomic E-state index is 10.1. The van der Waals surface area contributed by atoms with Crippen LogP contribution < -0.4 is 4.74 Å². The van der Waals surface area contributed by atoms with Crippen molar-refractivity contribution in [1.29, 1.82) is 5.26 Å². The van der Waals surface area contributed by atoms with Crippen molar-refractivity contribution in [2.75, 3.05) is 32.8 Å². The fourth-order valence-electron chi connectivity index (χ4n) is 3.00. The quantitative estimate of drug-likeness (QED) is 0.801. The van der Waals surface area contributed by atoms with Gasteiger partial charge in [0.25, 0.3) is 0 Å². The summed E-state index contributed by atoms with van der Waals surface area (Å²) in [6, 6.07) is 8.94. The zero-order valence-corrected chi connectivity index (χ0v) is 13.7. The van der Waals surface area contributed by atoms with Crippen molar-refractivity contribution in [1.82, 2.24) is 4.90 Å². The topological polar surface area (TPSA) is 76.7 Å². The second-order valence-corrected chi connectivity index (χ2v) is 6.41. The Bertz CT molecular complexity index is 510. The van der Waals surface area contributed by atoms with Gasteiger partial charge in [0.1, 0.15) is 18.5 Å². The molecule has 1 saturated heterocycles. The van der Waals surface area contributed by atoms with E-state index in [4.69, 9.17) is 10.00 Å². The lowest BCUT2D eigenvalue weighted by molar-refractivity contribution is 0.0121. The van der Waals surface area contributed by atoms with Crippen LogP contribution in [-0.2, 0) is 0 Å². The number of hydrogen-bond acceptors (Lipinski definition) is 5. The van der Waals surface area contributed by atoms with E-state index in [1.165, 1.54) is 0 Å². The summed E-state index contributed by atoms with van der Waals surface area (Å²) in [4.78, 5) is 2.23. The Morgan fingerprint density at radius 1 is 1.30 bits per heavy atom. The van der Waals surface area contributed by atoms with Gasteiger partial charge in [0.05, 0.1) is 11.6 Å². The van der Waals surface area contributed by atoms with Crippen LogP contribution in [0.4, 0.5) is 0 Å². The van der Waals surface area contributed by atoms with Crippen LogP contribution >= 0.6 is 0 Å². The van der Waals surface area contributed by atoms with Gasteiger partial charge in [0.15, 0.2) is 0 Å². The molecule has 5 heteroatoms. The molecular formula is C18H26N2O3. The number of rotatable bonds is 7. The Balaban J connectivity index is 1.73. The molecule has 1 aromatic rings. The molecule has 126 valence electrons. The summed E-state index contributed by atoms with van der Waals surface area (Å²) >= 11 is 0. The smallest absolute Gasteiger partial charge is 0.119 e. The number of ether oxygens (including phenoxy) is 1. The van der Waals surface area contributed by atoms with Gasteiger partial charge in [0, 0.05) is 13.2 Å². The Hall–Kier alpha value is -1.61. The number of piperidine rings is 1. The molecule has 2 rings (SSSR count). The molecule has 23 heavy (non-hydrogen) atoms. The molecule has 1 unspecified atom stereocenters. The molecule has 2 N–H and O–H groups in total. The molecule has 0 spiro atoms. The highest BCUT2D eigenvalue weighted by molar-refractivity contribution is 5.34. The monoisotopic (exact) mass is 318 g/mol. The Morgan fingerprint density at radius 3 is 2.48 bits per heavy atom. The Kier molecular flexibility index (Phi) is 6.40. The largest absolute Gasteiger partial charge is 0.491 e. The molecule has 1 atom stereocenters. The molecule has 0 amide bonds. The van der Waals surface area contributed by atoms with Gasteiger partial charge in [-0.05, 0) is 62.0 Å². The fourth-order valence-corrected chi connectivity index (χ4v) is 3.00. The minimum Gasteiger partial charge on any atom is -0.491 e. The molecule has 1 aliphatic heterocycles. The third kappa shape index (κ3) is 4.93. The number of aliphatic hydroxyl groups is 2. The third-order valence-corrected chi connectivity index (χ3v) is 4.90. The summed E-state index contributed by atoms with van der Waals surface area (Å²) in [6.45, 7) is 5.02. The number of nitrogens with zero attached hydrogens (tertiary/aromatic N) is 2. The maximum absolute atomic E-state index is 10.1. The maximum Gasteiger partial charge on any atom is 0.119 e. The lowest BCUT2D eigenvalue weighted by Crippen LogP contribution is -2.45. The highest BCUT2D eigenvalue weighted by Crippen LogP contribution is 2.34. The molecule has 0 bridgehead atoms. The van der Waals surface area contributed by atoms with E-state index >= 15 is 0 Å². The molecule has 0 aliphatic carbocycles. The van der Waals surface area contributed by atoms with Crippen LogP contribution in [0, 0.1) is 16.7 Å². The number of β-amino-alcohol motifs (C(OH)–C–C–N with tert-alkyl or cyclic N) is 1. The predicted octanol–water partition coefficient (Wildman–Crippen LogP) is 1.78. The number of aliphatic hydroxyl groups excluding tert-OH is 2. The van der Waals surface area contributed by atoms with Gasteiger partial charge >= 0.3 is 0 Å². The van der Waals surface area contributed by atoms with Gasteiger partial charge in [-0.3, -0.25) is 0 Å². The van der Waals surface area contributed by atoms with Crippen LogP contribution in [0.3, 0.4) is 0 Å². The van der Waals surface area contributed by atoms with Crippen LogP contribution in [0.2, 0.25) is 0 Å². The van der Waals surface area contributed by atoms with Crippen LogP contribution in [0.1, 0.15) is 31.7 Å². The summed E-state index contributed by atoms with van der Waals surface area (Å²) in [6.07, 6.45) is 2.41. The SMILES string of the molecule is CCC1(CO)CCN(CC(O)COc2ccc(C#N)cc2)CC1. The van der Waals surface area contributed by atoms with E-state index in [-0.39, 0.29) is 18.6 Å². The van der Waals surface area contributed by atoms with Crippen LogP contribution in [0.25, 0.3) is 0 Å². The van der Waals surface area contributed by atoms with Gasteiger partial charge in [-0.25, -0.2) is 0 Å². The molecule has 1 aliphatic rings. The molecule has 1 heterocycles. The summed E-state index contributed by atoms with van der Waals surface area (Å²) in [5, 5.41) is 28.4. The minimum absolute atomic E-state index is 0.0699. The van der Waals surface area contributed by atoms with E-state index in [1.54, 1.807) is 24.3 Å². The van der Waals surface area contributed by atoms with E-state index in [2.05, 4.69) is 17.9 Å². The lowest BCUT2D eigenvalue weighted by Gasteiger charge is -2.40. The first-order chi connectivity index (χ1) is 11.1. The van der Waals surface area contributed by atoms with Crippen molar-refractivity contribution in [2.24, 2.45) is 5.41 Å². The summed E-state index contributed by atoms with van der Waals surface area (Å²) in [5.74, 6) is 0.659. The average Bonchev–Trinajstić information content (AvgIpc) is 2.61. The first kappa shape index (κ1) is 17.7. The lowest BCUT2D eigenvalue weighted by atomic mass is 9.77. The molecule has 1 aromatic carbocycles. The van der Waals surface area contributed by atoms with E-state index in [9.17, 15) is 10.2 Å². The number of nitriles is 1.